The van der Waals surface area contributed by atoms with Crippen molar-refractivity contribution in [2.24, 2.45) is 11.7 Å². The number of urea groups is 1. The molecule has 156 valence electrons. The number of amides is 3. The lowest BCUT2D eigenvalue weighted by Gasteiger charge is -2.34. The number of nitrogens with one attached hydrogen (secondary N) is 2. The first-order valence-electron chi connectivity index (χ1n) is 9.47. The number of ether oxygens (including phenoxy) is 2. The number of esters is 1. The minimum absolute atomic E-state index is 0.132. The Balaban J connectivity index is 1.90. The zero-order valence-corrected chi connectivity index (χ0v) is 16.6. The molecule has 0 aliphatic carbocycles. The molecule has 0 unspecified atom stereocenters. The predicted molar refractivity (Wildman–Crippen MR) is 105 cm³/mol. The molecule has 3 amide bonds. The van der Waals surface area contributed by atoms with Crippen molar-refractivity contribution in [2.45, 2.75) is 18.9 Å². The van der Waals surface area contributed by atoms with E-state index in [2.05, 4.69) is 15.5 Å². The highest BCUT2D eigenvalue weighted by molar-refractivity contribution is 5.95. The molecular formula is C20H26N4O5. The molecule has 0 spiro atoms. The van der Waals surface area contributed by atoms with Crippen molar-refractivity contribution in [1.82, 2.24) is 15.5 Å². The van der Waals surface area contributed by atoms with E-state index in [0.29, 0.717) is 55.1 Å². The Morgan fingerprint density at radius 3 is 2.59 bits per heavy atom. The number of carbonyl (C=O) groups is 3. The van der Waals surface area contributed by atoms with Gasteiger partial charge >= 0.3 is 12.0 Å². The van der Waals surface area contributed by atoms with E-state index >= 15 is 0 Å². The van der Waals surface area contributed by atoms with Crippen LogP contribution in [0.15, 0.2) is 35.5 Å². The largest absolute Gasteiger partial charge is 0.497 e. The lowest BCUT2D eigenvalue weighted by Crippen LogP contribution is -2.49. The Hall–Kier alpha value is -3.07. The van der Waals surface area contributed by atoms with Crippen LogP contribution in [0, 0.1) is 5.92 Å². The molecule has 0 saturated carbocycles. The van der Waals surface area contributed by atoms with Crippen LogP contribution in [0.3, 0.4) is 0 Å². The number of benzene rings is 1. The molecule has 29 heavy (non-hydrogen) atoms. The summed E-state index contributed by atoms with van der Waals surface area (Å²) in [6.07, 6.45) is 1.31. The lowest BCUT2D eigenvalue weighted by atomic mass is 9.93. The zero-order chi connectivity index (χ0) is 21.0. The van der Waals surface area contributed by atoms with Gasteiger partial charge in [0.25, 0.3) is 0 Å². The third kappa shape index (κ3) is 4.68. The number of methoxy groups -OCH3 is 2. The number of primary amides is 1. The summed E-state index contributed by atoms with van der Waals surface area (Å²) in [6, 6.07) is 6.12. The number of carbonyl (C=O) groups excluding carboxylic acids is 3. The zero-order valence-electron chi connectivity index (χ0n) is 16.6. The summed E-state index contributed by atoms with van der Waals surface area (Å²) in [6.45, 7) is 1.67. The molecule has 9 nitrogen and oxygen atoms in total. The van der Waals surface area contributed by atoms with Crippen LogP contribution in [-0.4, -0.2) is 56.7 Å². The second-order valence-corrected chi connectivity index (χ2v) is 7.14. The molecule has 2 heterocycles. The second kappa shape index (κ2) is 8.95. The fourth-order valence-electron chi connectivity index (χ4n) is 3.76. The van der Waals surface area contributed by atoms with Crippen LogP contribution in [0.5, 0.6) is 5.75 Å². The van der Waals surface area contributed by atoms with Gasteiger partial charge in [0.2, 0.25) is 5.91 Å². The van der Waals surface area contributed by atoms with Crippen molar-refractivity contribution in [3.05, 3.63) is 41.1 Å². The maximum atomic E-state index is 12.6. The Kier molecular flexibility index (Phi) is 6.38. The first-order chi connectivity index (χ1) is 13.9. The number of piperidine rings is 1. The van der Waals surface area contributed by atoms with Gasteiger partial charge in [0, 0.05) is 18.2 Å². The van der Waals surface area contributed by atoms with Crippen LogP contribution in [-0.2, 0) is 14.3 Å². The van der Waals surface area contributed by atoms with Gasteiger partial charge in [0.05, 0.1) is 25.8 Å². The maximum absolute atomic E-state index is 12.6. The number of nitrogens with two attached hydrogens (primary N) is 1. The molecule has 0 radical (unpaired) electrons. The van der Waals surface area contributed by atoms with Gasteiger partial charge in [-0.3, -0.25) is 9.69 Å². The van der Waals surface area contributed by atoms with Crippen molar-refractivity contribution in [1.29, 1.82) is 0 Å². The van der Waals surface area contributed by atoms with E-state index in [4.69, 9.17) is 15.2 Å². The summed E-state index contributed by atoms with van der Waals surface area (Å²) in [5, 5.41) is 5.55. The van der Waals surface area contributed by atoms with Gasteiger partial charge in [0.1, 0.15) is 5.75 Å². The fourth-order valence-corrected chi connectivity index (χ4v) is 3.76. The van der Waals surface area contributed by atoms with Gasteiger partial charge in [0.15, 0.2) is 0 Å². The molecule has 2 aliphatic heterocycles. The molecule has 1 aromatic carbocycles. The Morgan fingerprint density at radius 1 is 1.24 bits per heavy atom. The molecular weight excluding hydrogens is 376 g/mol. The van der Waals surface area contributed by atoms with Crippen molar-refractivity contribution in [2.75, 3.05) is 33.9 Å². The number of nitrogens with zero attached hydrogens (tertiary/aromatic N) is 1. The van der Waals surface area contributed by atoms with E-state index in [9.17, 15) is 14.4 Å². The number of hydrogen-bond donors (Lipinski definition) is 3. The number of hydrogen-bond acceptors (Lipinski definition) is 6. The third-order valence-corrected chi connectivity index (χ3v) is 5.36. The summed E-state index contributed by atoms with van der Waals surface area (Å²) in [7, 11) is 2.86. The molecule has 0 aromatic heterocycles. The highest BCUT2D eigenvalue weighted by Crippen LogP contribution is 2.30. The van der Waals surface area contributed by atoms with Crippen LogP contribution < -0.4 is 21.1 Å². The van der Waals surface area contributed by atoms with E-state index in [1.165, 1.54) is 7.11 Å². The predicted octanol–water partition coefficient (Wildman–Crippen LogP) is 0.674. The van der Waals surface area contributed by atoms with E-state index in [1.807, 2.05) is 6.07 Å². The van der Waals surface area contributed by atoms with Crippen LogP contribution in [0.2, 0.25) is 0 Å². The Morgan fingerprint density at radius 2 is 1.97 bits per heavy atom. The smallest absolute Gasteiger partial charge is 0.338 e. The van der Waals surface area contributed by atoms with Crippen LogP contribution in [0.4, 0.5) is 4.79 Å². The van der Waals surface area contributed by atoms with Crippen LogP contribution >= 0.6 is 0 Å². The van der Waals surface area contributed by atoms with Gasteiger partial charge in [-0.05, 0) is 43.6 Å². The van der Waals surface area contributed by atoms with E-state index in [-0.39, 0.29) is 11.8 Å². The third-order valence-electron chi connectivity index (χ3n) is 5.36. The van der Waals surface area contributed by atoms with Crippen LogP contribution in [0.25, 0.3) is 0 Å². The van der Waals surface area contributed by atoms with Gasteiger partial charge in [-0.2, -0.15) is 0 Å². The molecule has 4 N–H and O–H groups in total. The van der Waals surface area contributed by atoms with Crippen LogP contribution in [0.1, 0.15) is 24.4 Å². The number of likely N-dealkylation sites (tertiary alicyclic amines) is 1. The molecule has 0 bridgehead atoms. The lowest BCUT2D eigenvalue weighted by molar-refractivity contribution is -0.136. The van der Waals surface area contributed by atoms with Crippen molar-refractivity contribution in [3.63, 3.8) is 0 Å². The summed E-state index contributed by atoms with van der Waals surface area (Å²) >= 11 is 0. The van der Waals surface area contributed by atoms with E-state index < -0.39 is 18.0 Å². The molecule has 3 rings (SSSR count). The Labute approximate surface area is 169 Å². The minimum Gasteiger partial charge on any atom is -0.497 e. The first-order valence-corrected chi connectivity index (χ1v) is 9.47. The second-order valence-electron chi connectivity index (χ2n) is 7.14. The topological polar surface area (TPSA) is 123 Å². The molecule has 1 saturated heterocycles. The number of rotatable bonds is 6. The summed E-state index contributed by atoms with van der Waals surface area (Å²) in [4.78, 5) is 38.4. The van der Waals surface area contributed by atoms with E-state index in [1.54, 1.807) is 25.3 Å². The average Bonchev–Trinajstić information content (AvgIpc) is 2.73. The normalized spacial score (nSPS) is 20.6. The SMILES string of the molecule is COC(=O)C1=C(CN2CCC(C(N)=O)CC2)NC(=O)N[C@@H]1c1cccc(OC)c1. The molecule has 2 aliphatic rings. The summed E-state index contributed by atoms with van der Waals surface area (Å²) in [5.74, 6) is -0.318. The van der Waals surface area contributed by atoms with Gasteiger partial charge in [-0.1, -0.05) is 12.1 Å². The average molecular weight is 402 g/mol. The monoisotopic (exact) mass is 402 g/mol. The molecule has 1 atom stereocenters. The Bertz CT molecular complexity index is 830. The maximum Gasteiger partial charge on any atom is 0.338 e. The molecule has 1 aromatic rings. The van der Waals surface area contributed by atoms with Crippen molar-refractivity contribution >= 4 is 17.9 Å². The van der Waals surface area contributed by atoms with E-state index in [0.717, 1.165) is 0 Å². The minimum atomic E-state index is -0.663. The van der Waals surface area contributed by atoms with Gasteiger partial charge in [-0.15, -0.1) is 0 Å². The first kappa shape index (κ1) is 20.7. The standard InChI is InChI=1S/C20H26N4O5/c1-28-14-5-3-4-13(10-14)17-16(19(26)29-2)15(22-20(27)23-17)11-24-8-6-12(7-9-24)18(21)25/h3-5,10,12,17H,6-9,11H2,1-2H3,(H2,21,25)(H2,22,23,27)/t17-/m1/s1. The highest BCUT2D eigenvalue weighted by atomic mass is 16.5. The quantitative estimate of drug-likeness (QED) is 0.601. The summed E-state index contributed by atoms with van der Waals surface area (Å²) in [5.41, 5.74) is 6.95. The summed E-state index contributed by atoms with van der Waals surface area (Å²) < 4.78 is 10.3. The van der Waals surface area contributed by atoms with Crippen molar-refractivity contribution < 1.29 is 23.9 Å². The fraction of sp³-hybridized carbons (Fsp3) is 0.450. The van der Waals surface area contributed by atoms with Gasteiger partial charge < -0.3 is 25.8 Å². The van der Waals surface area contributed by atoms with Crippen molar-refractivity contribution in [3.8, 4) is 5.75 Å². The molecule has 1 fully saturated rings. The highest BCUT2D eigenvalue weighted by Gasteiger charge is 2.35. The van der Waals surface area contributed by atoms with Gasteiger partial charge in [-0.25, -0.2) is 9.59 Å². The molecule has 9 heteroatoms.